The molecular weight excluding hydrogens is 310 g/mol. The lowest BCUT2D eigenvalue weighted by molar-refractivity contribution is -0.147. The van der Waals surface area contributed by atoms with Crippen molar-refractivity contribution >= 4 is 17.6 Å². The molecule has 0 spiro atoms. The number of anilines is 1. The van der Waals surface area contributed by atoms with Gasteiger partial charge in [-0.25, -0.2) is 0 Å². The first-order valence-electron chi connectivity index (χ1n) is 8.46. The Morgan fingerprint density at radius 1 is 1.21 bits per heavy atom. The normalized spacial score (nSPS) is 20.4. The van der Waals surface area contributed by atoms with Gasteiger partial charge in [0, 0.05) is 18.4 Å². The van der Waals surface area contributed by atoms with Gasteiger partial charge in [-0.05, 0) is 31.9 Å². The van der Waals surface area contributed by atoms with Gasteiger partial charge in [-0.15, -0.1) is 0 Å². The number of benzene rings is 1. The van der Waals surface area contributed by atoms with E-state index in [2.05, 4.69) is 5.32 Å². The second-order valence-electron chi connectivity index (χ2n) is 5.90. The molecule has 1 aliphatic rings. The van der Waals surface area contributed by atoms with Gasteiger partial charge in [0.1, 0.15) is 12.4 Å². The Balaban J connectivity index is 1.94. The zero-order valence-electron chi connectivity index (χ0n) is 14.0. The molecule has 2 N–H and O–H groups in total. The zero-order chi connectivity index (χ0) is 17.4. The average molecular weight is 335 g/mol. The predicted molar refractivity (Wildman–Crippen MR) is 90.1 cm³/mol. The SMILES string of the molecule is CCOCCOc1cccc(NC(=O)[C@H]2CCCC[C@H]2C(=O)O)c1. The lowest BCUT2D eigenvalue weighted by atomic mass is 9.78. The highest BCUT2D eigenvalue weighted by Crippen LogP contribution is 2.31. The molecule has 0 saturated heterocycles. The first-order chi connectivity index (χ1) is 11.6. The van der Waals surface area contributed by atoms with E-state index in [1.54, 1.807) is 18.2 Å². The molecule has 0 aliphatic heterocycles. The van der Waals surface area contributed by atoms with Crippen LogP contribution in [0.3, 0.4) is 0 Å². The van der Waals surface area contributed by atoms with Gasteiger partial charge in [-0.2, -0.15) is 0 Å². The second kappa shape index (κ2) is 9.27. The van der Waals surface area contributed by atoms with Gasteiger partial charge >= 0.3 is 5.97 Å². The predicted octanol–water partition coefficient (Wildman–Crippen LogP) is 2.93. The van der Waals surface area contributed by atoms with Crippen molar-refractivity contribution in [3.8, 4) is 5.75 Å². The monoisotopic (exact) mass is 335 g/mol. The molecule has 0 heterocycles. The topological polar surface area (TPSA) is 84.9 Å². The fourth-order valence-electron chi connectivity index (χ4n) is 3.00. The largest absolute Gasteiger partial charge is 0.491 e. The molecule has 1 aromatic rings. The first kappa shape index (κ1) is 18.3. The number of carboxylic acid groups (broad SMARTS) is 1. The Bertz CT molecular complexity index is 560. The number of rotatable bonds is 8. The minimum absolute atomic E-state index is 0.228. The number of hydrogen-bond acceptors (Lipinski definition) is 4. The molecule has 0 aromatic heterocycles. The lowest BCUT2D eigenvalue weighted by Gasteiger charge is -2.27. The molecule has 1 saturated carbocycles. The summed E-state index contributed by atoms with van der Waals surface area (Å²) < 4.78 is 10.8. The number of carbonyl (C=O) groups is 2. The summed E-state index contributed by atoms with van der Waals surface area (Å²) in [6.07, 6.45) is 2.94. The van der Waals surface area contributed by atoms with E-state index >= 15 is 0 Å². The van der Waals surface area contributed by atoms with E-state index in [0.717, 1.165) is 12.8 Å². The van der Waals surface area contributed by atoms with E-state index < -0.39 is 17.8 Å². The summed E-state index contributed by atoms with van der Waals surface area (Å²) in [7, 11) is 0. The van der Waals surface area contributed by atoms with Crippen LogP contribution < -0.4 is 10.1 Å². The van der Waals surface area contributed by atoms with Gasteiger partial charge in [-0.1, -0.05) is 18.9 Å². The van der Waals surface area contributed by atoms with Crippen molar-refractivity contribution in [2.45, 2.75) is 32.6 Å². The summed E-state index contributed by atoms with van der Waals surface area (Å²) in [4.78, 5) is 23.8. The van der Waals surface area contributed by atoms with E-state index in [1.807, 2.05) is 13.0 Å². The van der Waals surface area contributed by atoms with E-state index in [-0.39, 0.29) is 5.91 Å². The molecule has 1 aromatic carbocycles. The van der Waals surface area contributed by atoms with Crippen LogP contribution in [-0.4, -0.2) is 36.8 Å². The summed E-state index contributed by atoms with van der Waals surface area (Å²) in [5.74, 6) is -1.54. The van der Waals surface area contributed by atoms with Gasteiger partial charge < -0.3 is 19.9 Å². The van der Waals surface area contributed by atoms with Crippen LogP contribution in [0.2, 0.25) is 0 Å². The molecule has 1 fully saturated rings. The first-order valence-corrected chi connectivity index (χ1v) is 8.46. The molecule has 6 nitrogen and oxygen atoms in total. The van der Waals surface area contributed by atoms with Gasteiger partial charge in [0.25, 0.3) is 0 Å². The third-order valence-electron chi connectivity index (χ3n) is 4.22. The van der Waals surface area contributed by atoms with Crippen molar-refractivity contribution in [3.63, 3.8) is 0 Å². The number of nitrogens with one attached hydrogen (secondary N) is 1. The maximum absolute atomic E-state index is 12.5. The number of amides is 1. The van der Waals surface area contributed by atoms with Gasteiger partial charge in [0.15, 0.2) is 0 Å². The molecule has 1 amide bonds. The van der Waals surface area contributed by atoms with E-state index in [4.69, 9.17) is 9.47 Å². The zero-order valence-corrected chi connectivity index (χ0v) is 14.0. The van der Waals surface area contributed by atoms with Crippen molar-refractivity contribution in [1.82, 2.24) is 0 Å². The standard InChI is InChI=1S/C18H25NO5/c1-2-23-10-11-24-14-7-5-6-13(12-14)19-17(20)15-8-3-4-9-16(15)18(21)22/h5-7,12,15-16H,2-4,8-11H2,1H3,(H,19,20)(H,21,22)/t15-,16+/m0/s1. The number of carbonyl (C=O) groups excluding carboxylic acids is 1. The van der Waals surface area contributed by atoms with Crippen molar-refractivity contribution in [2.75, 3.05) is 25.1 Å². The smallest absolute Gasteiger partial charge is 0.307 e. The third-order valence-corrected chi connectivity index (χ3v) is 4.22. The average Bonchev–Trinajstić information content (AvgIpc) is 2.59. The molecule has 0 unspecified atom stereocenters. The summed E-state index contributed by atoms with van der Waals surface area (Å²) in [5.41, 5.74) is 0.614. The maximum Gasteiger partial charge on any atom is 0.307 e. The fourth-order valence-corrected chi connectivity index (χ4v) is 3.00. The van der Waals surface area contributed by atoms with Gasteiger partial charge in [0.2, 0.25) is 5.91 Å². The Kier molecular flexibility index (Phi) is 7.06. The summed E-state index contributed by atoms with van der Waals surface area (Å²) in [5, 5.41) is 12.1. The number of aliphatic carboxylic acids is 1. The van der Waals surface area contributed by atoms with Crippen LogP contribution in [0.1, 0.15) is 32.6 Å². The number of ether oxygens (including phenoxy) is 2. The third kappa shape index (κ3) is 5.23. The maximum atomic E-state index is 12.5. The number of hydrogen-bond donors (Lipinski definition) is 2. The Morgan fingerprint density at radius 3 is 2.67 bits per heavy atom. The minimum atomic E-state index is -0.886. The van der Waals surface area contributed by atoms with Crippen molar-refractivity contribution in [1.29, 1.82) is 0 Å². The van der Waals surface area contributed by atoms with Crippen LogP contribution in [0.25, 0.3) is 0 Å². The van der Waals surface area contributed by atoms with Crippen LogP contribution in [-0.2, 0) is 14.3 Å². The molecular formula is C18H25NO5. The van der Waals surface area contributed by atoms with E-state index in [0.29, 0.717) is 44.1 Å². The van der Waals surface area contributed by atoms with E-state index in [9.17, 15) is 14.7 Å². The fraction of sp³-hybridized carbons (Fsp3) is 0.556. The summed E-state index contributed by atoms with van der Waals surface area (Å²) >= 11 is 0. The molecule has 0 radical (unpaired) electrons. The molecule has 2 atom stereocenters. The molecule has 2 rings (SSSR count). The number of carboxylic acids is 1. The molecule has 132 valence electrons. The lowest BCUT2D eigenvalue weighted by Crippen LogP contribution is -2.36. The molecule has 0 bridgehead atoms. The molecule has 24 heavy (non-hydrogen) atoms. The van der Waals surface area contributed by atoms with Crippen molar-refractivity contribution in [3.05, 3.63) is 24.3 Å². The van der Waals surface area contributed by atoms with Crippen molar-refractivity contribution < 1.29 is 24.2 Å². The van der Waals surface area contributed by atoms with Crippen LogP contribution in [0.15, 0.2) is 24.3 Å². The highest BCUT2D eigenvalue weighted by Gasteiger charge is 2.35. The van der Waals surface area contributed by atoms with Gasteiger partial charge in [0.05, 0.1) is 18.4 Å². The second-order valence-corrected chi connectivity index (χ2v) is 5.90. The minimum Gasteiger partial charge on any atom is -0.491 e. The van der Waals surface area contributed by atoms with Crippen LogP contribution in [0, 0.1) is 11.8 Å². The highest BCUT2D eigenvalue weighted by atomic mass is 16.5. The van der Waals surface area contributed by atoms with Crippen LogP contribution in [0.5, 0.6) is 5.75 Å². The highest BCUT2D eigenvalue weighted by molar-refractivity contribution is 5.95. The Hall–Kier alpha value is -2.08. The van der Waals surface area contributed by atoms with Crippen LogP contribution in [0.4, 0.5) is 5.69 Å². The Morgan fingerprint density at radius 2 is 1.96 bits per heavy atom. The summed E-state index contributed by atoms with van der Waals surface area (Å²) in [6.45, 7) is 3.52. The van der Waals surface area contributed by atoms with Gasteiger partial charge in [-0.3, -0.25) is 9.59 Å². The van der Waals surface area contributed by atoms with E-state index in [1.165, 1.54) is 0 Å². The molecule has 1 aliphatic carbocycles. The van der Waals surface area contributed by atoms with Crippen LogP contribution >= 0.6 is 0 Å². The Labute approximate surface area is 142 Å². The quantitative estimate of drug-likeness (QED) is 0.714. The molecule has 6 heteroatoms. The summed E-state index contributed by atoms with van der Waals surface area (Å²) in [6, 6.07) is 7.11. The van der Waals surface area contributed by atoms with Crippen molar-refractivity contribution in [2.24, 2.45) is 11.8 Å².